The van der Waals surface area contributed by atoms with Gasteiger partial charge in [0.15, 0.2) is 9.84 Å². The van der Waals surface area contributed by atoms with Gasteiger partial charge in [-0.25, -0.2) is 8.42 Å². The summed E-state index contributed by atoms with van der Waals surface area (Å²) < 4.78 is 23.0. The molecule has 0 aromatic heterocycles. The molecule has 0 amide bonds. The Morgan fingerprint density at radius 2 is 1.92 bits per heavy atom. The number of hydrogen-bond acceptors (Lipinski definition) is 3. The van der Waals surface area contributed by atoms with Crippen LogP contribution in [0.3, 0.4) is 0 Å². The summed E-state index contributed by atoms with van der Waals surface area (Å²) in [7, 11) is -3.05. The Labute approximate surface area is 73.6 Å². The lowest BCUT2D eigenvalue weighted by Gasteiger charge is -2.06. The lowest BCUT2D eigenvalue weighted by molar-refractivity contribution is 0.588. The Morgan fingerprint density at radius 3 is 2.33 bits per heavy atom. The molecule has 0 radical (unpaired) electrons. The fraction of sp³-hybridized carbons (Fsp3) is 0.750. The zero-order valence-electron chi connectivity index (χ0n) is 7.29. The Morgan fingerprint density at radius 1 is 1.42 bits per heavy atom. The van der Waals surface area contributed by atoms with Crippen LogP contribution < -0.4 is 5.73 Å². The molecule has 0 spiro atoms. The molecule has 0 aromatic rings. The minimum absolute atomic E-state index is 0.170. The first kappa shape index (κ1) is 9.58. The van der Waals surface area contributed by atoms with Gasteiger partial charge in [0.2, 0.25) is 0 Å². The fourth-order valence-electron chi connectivity index (χ4n) is 1.57. The highest BCUT2D eigenvalue weighted by Crippen LogP contribution is 2.25. The van der Waals surface area contributed by atoms with E-state index in [-0.39, 0.29) is 5.25 Å². The van der Waals surface area contributed by atoms with Crippen LogP contribution in [0.15, 0.2) is 11.1 Å². The third-order valence-electron chi connectivity index (χ3n) is 2.12. The minimum atomic E-state index is -3.05. The monoisotopic (exact) mass is 189 g/mol. The van der Waals surface area contributed by atoms with Crippen molar-refractivity contribution < 1.29 is 8.42 Å². The molecular weight excluding hydrogens is 174 g/mol. The van der Waals surface area contributed by atoms with Crippen LogP contribution in [0.2, 0.25) is 0 Å². The molecule has 0 saturated heterocycles. The van der Waals surface area contributed by atoms with E-state index < -0.39 is 9.84 Å². The first-order valence-corrected chi connectivity index (χ1v) is 5.81. The van der Waals surface area contributed by atoms with E-state index in [0.29, 0.717) is 5.70 Å². The van der Waals surface area contributed by atoms with Crippen LogP contribution in [0, 0.1) is 0 Å². The maximum atomic E-state index is 11.5. The number of allylic oxidation sites excluding steroid dienone is 1. The summed E-state index contributed by atoms with van der Waals surface area (Å²) in [5, 5.41) is 1.03. The molecule has 3 nitrogen and oxygen atoms in total. The topological polar surface area (TPSA) is 60.2 Å². The van der Waals surface area contributed by atoms with Crippen molar-refractivity contribution in [3.8, 4) is 0 Å². The molecule has 0 unspecified atom stereocenters. The van der Waals surface area contributed by atoms with Crippen LogP contribution in [-0.2, 0) is 9.84 Å². The van der Waals surface area contributed by atoms with Crippen LogP contribution in [0.4, 0.5) is 0 Å². The third-order valence-corrected chi connectivity index (χ3v) is 4.22. The largest absolute Gasteiger partial charge is 0.402 e. The molecule has 0 bridgehead atoms. The zero-order chi connectivity index (χ0) is 9.19. The second-order valence-electron chi connectivity index (χ2n) is 3.36. The summed E-state index contributed by atoms with van der Waals surface area (Å²) in [6.45, 7) is 1.60. The standard InChI is InChI=1S/C8H15NO2S/c1-7(9)6-12(10,11)8-4-2-3-5-8/h6,8H,2-5,9H2,1H3. The predicted molar refractivity (Wildman–Crippen MR) is 49.1 cm³/mol. The van der Waals surface area contributed by atoms with E-state index in [1.54, 1.807) is 6.92 Å². The average molecular weight is 189 g/mol. The molecule has 1 saturated carbocycles. The van der Waals surface area contributed by atoms with E-state index in [0.717, 1.165) is 25.7 Å². The fourth-order valence-corrected chi connectivity index (χ4v) is 3.27. The smallest absolute Gasteiger partial charge is 0.176 e. The Balaban J connectivity index is 2.78. The Bertz CT molecular complexity index is 269. The van der Waals surface area contributed by atoms with Crippen molar-refractivity contribution in [2.45, 2.75) is 37.9 Å². The lowest BCUT2D eigenvalue weighted by atomic mass is 10.4. The second kappa shape index (κ2) is 3.47. The van der Waals surface area contributed by atoms with Gasteiger partial charge in [-0.3, -0.25) is 0 Å². The van der Waals surface area contributed by atoms with Crippen molar-refractivity contribution in [3.63, 3.8) is 0 Å². The van der Waals surface area contributed by atoms with Gasteiger partial charge in [0, 0.05) is 11.1 Å². The summed E-state index contributed by atoms with van der Waals surface area (Å²) >= 11 is 0. The summed E-state index contributed by atoms with van der Waals surface area (Å²) in [5.74, 6) is 0. The molecule has 0 atom stereocenters. The van der Waals surface area contributed by atoms with Gasteiger partial charge >= 0.3 is 0 Å². The van der Waals surface area contributed by atoms with Crippen molar-refractivity contribution >= 4 is 9.84 Å². The van der Waals surface area contributed by atoms with E-state index in [4.69, 9.17) is 5.73 Å². The second-order valence-corrected chi connectivity index (χ2v) is 5.44. The summed E-state index contributed by atoms with van der Waals surface area (Å²) in [5.41, 5.74) is 5.70. The number of nitrogens with two attached hydrogens (primary N) is 1. The van der Waals surface area contributed by atoms with Crippen LogP contribution in [0.1, 0.15) is 32.6 Å². The van der Waals surface area contributed by atoms with Crippen LogP contribution in [0.5, 0.6) is 0 Å². The first-order valence-electron chi connectivity index (χ1n) is 4.20. The van der Waals surface area contributed by atoms with Crippen molar-refractivity contribution in [1.82, 2.24) is 0 Å². The van der Waals surface area contributed by atoms with Crippen LogP contribution in [-0.4, -0.2) is 13.7 Å². The van der Waals surface area contributed by atoms with E-state index in [9.17, 15) is 8.42 Å². The number of sulfone groups is 1. The van der Waals surface area contributed by atoms with Crippen molar-refractivity contribution in [1.29, 1.82) is 0 Å². The van der Waals surface area contributed by atoms with Gasteiger partial charge in [0.05, 0.1) is 5.25 Å². The molecule has 1 aliphatic rings. The summed E-state index contributed by atoms with van der Waals surface area (Å²) in [6.07, 6.45) is 3.65. The van der Waals surface area contributed by atoms with E-state index >= 15 is 0 Å². The van der Waals surface area contributed by atoms with Gasteiger partial charge in [-0.05, 0) is 19.8 Å². The van der Waals surface area contributed by atoms with Gasteiger partial charge in [-0.2, -0.15) is 0 Å². The highest BCUT2D eigenvalue weighted by Gasteiger charge is 2.26. The Kier molecular flexibility index (Phi) is 2.77. The third kappa shape index (κ3) is 2.24. The van der Waals surface area contributed by atoms with Gasteiger partial charge in [0.25, 0.3) is 0 Å². The predicted octanol–water partition coefficient (Wildman–Crippen LogP) is 1.16. The van der Waals surface area contributed by atoms with Gasteiger partial charge in [0.1, 0.15) is 0 Å². The van der Waals surface area contributed by atoms with Crippen molar-refractivity contribution in [2.24, 2.45) is 5.73 Å². The molecular formula is C8H15NO2S. The molecule has 1 rings (SSSR count). The van der Waals surface area contributed by atoms with Crippen molar-refractivity contribution in [3.05, 3.63) is 11.1 Å². The van der Waals surface area contributed by atoms with Crippen LogP contribution in [0.25, 0.3) is 0 Å². The highest BCUT2D eigenvalue weighted by atomic mass is 32.2. The number of hydrogen-bond donors (Lipinski definition) is 1. The molecule has 0 aliphatic heterocycles. The van der Waals surface area contributed by atoms with Crippen LogP contribution >= 0.6 is 0 Å². The summed E-state index contributed by atoms with van der Waals surface area (Å²) in [6, 6.07) is 0. The number of rotatable bonds is 2. The molecule has 2 N–H and O–H groups in total. The molecule has 0 heterocycles. The van der Waals surface area contributed by atoms with Gasteiger partial charge < -0.3 is 5.73 Å². The Hall–Kier alpha value is -0.510. The average Bonchev–Trinajstić information content (AvgIpc) is 2.32. The van der Waals surface area contributed by atoms with E-state index in [2.05, 4.69) is 0 Å². The SMILES string of the molecule is CC(N)=CS(=O)(=O)C1CCCC1. The van der Waals surface area contributed by atoms with E-state index in [1.165, 1.54) is 5.41 Å². The zero-order valence-corrected chi connectivity index (χ0v) is 8.10. The molecule has 4 heteroatoms. The van der Waals surface area contributed by atoms with Gasteiger partial charge in [-0.15, -0.1) is 0 Å². The highest BCUT2D eigenvalue weighted by molar-refractivity contribution is 7.94. The molecule has 12 heavy (non-hydrogen) atoms. The minimum Gasteiger partial charge on any atom is -0.402 e. The molecule has 1 fully saturated rings. The van der Waals surface area contributed by atoms with E-state index in [1.807, 2.05) is 0 Å². The van der Waals surface area contributed by atoms with Crippen molar-refractivity contribution in [2.75, 3.05) is 0 Å². The quantitative estimate of drug-likeness (QED) is 0.709. The summed E-state index contributed by atoms with van der Waals surface area (Å²) in [4.78, 5) is 0. The molecule has 1 aliphatic carbocycles. The molecule has 70 valence electrons. The lowest BCUT2D eigenvalue weighted by Crippen LogP contribution is -2.15. The first-order chi connectivity index (χ1) is 5.52. The maximum Gasteiger partial charge on any atom is 0.176 e. The maximum absolute atomic E-state index is 11.5. The normalized spacial score (nSPS) is 21.6. The molecule has 0 aromatic carbocycles. The van der Waals surface area contributed by atoms with Gasteiger partial charge in [-0.1, -0.05) is 12.8 Å².